The van der Waals surface area contributed by atoms with E-state index in [0.29, 0.717) is 0 Å². The first-order chi connectivity index (χ1) is 10.3. The molecule has 0 saturated heterocycles. The highest BCUT2D eigenvalue weighted by Crippen LogP contribution is 2.14. The number of hydrogen-bond acceptors (Lipinski definition) is 3. The van der Waals surface area contributed by atoms with E-state index in [1.54, 1.807) is 6.08 Å². The van der Waals surface area contributed by atoms with E-state index in [4.69, 9.17) is 4.74 Å². The van der Waals surface area contributed by atoms with Crippen LogP contribution in [0, 0.1) is 0 Å². The molecule has 3 nitrogen and oxygen atoms in total. The number of carbonyl (C=O) groups is 1. The van der Waals surface area contributed by atoms with Crippen molar-refractivity contribution in [2.75, 3.05) is 13.7 Å². The number of hydrogen-bond donors (Lipinski definition) is 0. The Morgan fingerprint density at radius 3 is 2.38 bits per heavy atom. The van der Waals surface area contributed by atoms with E-state index in [1.807, 2.05) is 24.3 Å². The Kier molecular flexibility index (Phi) is 9.01. The van der Waals surface area contributed by atoms with Crippen LogP contribution in [0.3, 0.4) is 0 Å². The molecule has 0 spiro atoms. The molecule has 116 valence electrons. The minimum Gasteiger partial charge on any atom is -0.494 e. The zero-order valence-corrected chi connectivity index (χ0v) is 13.1. The summed E-state index contributed by atoms with van der Waals surface area (Å²) >= 11 is 0. The highest BCUT2D eigenvalue weighted by molar-refractivity contribution is 5.86. The maximum Gasteiger partial charge on any atom is 0.330 e. The SMILES string of the molecule is CCCCCCCCOc1ccc(C=CC(=O)OC)cc1. The summed E-state index contributed by atoms with van der Waals surface area (Å²) in [6, 6.07) is 7.70. The summed E-state index contributed by atoms with van der Waals surface area (Å²) in [5, 5.41) is 0. The summed E-state index contributed by atoms with van der Waals surface area (Å²) in [6.07, 6.45) is 10.7. The van der Waals surface area contributed by atoms with Gasteiger partial charge in [-0.2, -0.15) is 0 Å². The third kappa shape index (κ3) is 8.18. The number of esters is 1. The first-order valence-electron chi connectivity index (χ1n) is 7.75. The molecule has 0 aliphatic heterocycles. The van der Waals surface area contributed by atoms with Gasteiger partial charge in [-0.15, -0.1) is 0 Å². The Morgan fingerprint density at radius 1 is 1.05 bits per heavy atom. The standard InChI is InChI=1S/C18H26O3/c1-3-4-5-6-7-8-15-21-17-12-9-16(10-13-17)11-14-18(19)20-2/h9-14H,3-8,15H2,1-2H3. The molecular weight excluding hydrogens is 264 g/mol. The molecule has 0 radical (unpaired) electrons. The van der Waals surface area contributed by atoms with Crippen LogP contribution in [0.2, 0.25) is 0 Å². The van der Waals surface area contributed by atoms with E-state index in [9.17, 15) is 4.79 Å². The molecule has 1 aromatic rings. The topological polar surface area (TPSA) is 35.5 Å². The van der Waals surface area contributed by atoms with Crippen molar-refractivity contribution in [3.8, 4) is 5.75 Å². The van der Waals surface area contributed by atoms with Crippen LogP contribution in [0.4, 0.5) is 0 Å². The van der Waals surface area contributed by atoms with Crippen LogP contribution in [0.25, 0.3) is 6.08 Å². The molecule has 0 aliphatic rings. The van der Waals surface area contributed by atoms with E-state index < -0.39 is 0 Å². The summed E-state index contributed by atoms with van der Waals surface area (Å²) in [6.45, 7) is 3.00. The van der Waals surface area contributed by atoms with Crippen molar-refractivity contribution in [1.82, 2.24) is 0 Å². The maximum atomic E-state index is 11.0. The fourth-order valence-electron chi connectivity index (χ4n) is 1.98. The number of carbonyl (C=O) groups excluding carboxylic acids is 1. The van der Waals surface area contributed by atoms with Crippen molar-refractivity contribution in [3.63, 3.8) is 0 Å². The minimum atomic E-state index is -0.349. The minimum absolute atomic E-state index is 0.349. The smallest absolute Gasteiger partial charge is 0.330 e. The zero-order valence-electron chi connectivity index (χ0n) is 13.1. The van der Waals surface area contributed by atoms with E-state index in [1.165, 1.54) is 45.3 Å². The average Bonchev–Trinajstić information content (AvgIpc) is 2.52. The van der Waals surface area contributed by atoms with Gasteiger partial charge in [0.05, 0.1) is 13.7 Å². The number of ether oxygens (including phenoxy) is 2. The first kappa shape index (κ1) is 17.3. The number of rotatable bonds is 10. The molecule has 0 atom stereocenters. The molecule has 21 heavy (non-hydrogen) atoms. The quantitative estimate of drug-likeness (QED) is 0.358. The summed E-state index contributed by atoms with van der Waals surface area (Å²) < 4.78 is 10.2. The normalized spacial score (nSPS) is 10.8. The second-order valence-electron chi connectivity index (χ2n) is 5.04. The molecule has 0 unspecified atom stereocenters. The molecule has 0 aromatic heterocycles. The monoisotopic (exact) mass is 290 g/mol. The Morgan fingerprint density at radius 2 is 1.71 bits per heavy atom. The van der Waals surface area contributed by atoms with Gasteiger partial charge >= 0.3 is 5.97 Å². The molecule has 0 bridgehead atoms. The summed E-state index contributed by atoms with van der Waals surface area (Å²) in [5.74, 6) is 0.525. The van der Waals surface area contributed by atoms with E-state index >= 15 is 0 Å². The van der Waals surface area contributed by atoms with Gasteiger partial charge in [0.2, 0.25) is 0 Å². The Labute approximate surface area is 128 Å². The molecule has 0 aliphatic carbocycles. The third-order valence-electron chi connectivity index (χ3n) is 3.26. The second kappa shape index (κ2) is 11.0. The lowest BCUT2D eigenvalue weighted by Gasteiger charge is -2.06. The van der Waals surface area contributed by atoms with Gasteiger partial charge in [0, 0.05) is 6.08 Å². The van der Waals surface area contributed by atoms with Crippen LogP contribution in [-0.4, -0.2) is 19.7 Å². The maximum absolute atomic E-state index is 11.0. The predicted octanol–water partition coefficient (Wildman–Crippen LogP) is 4.61. The van der Waals surface area contributed by atoms with Gasteiger partial charge in [-0.05, 0) is 30.2 Å². The van der Waals surface area contributed by atoms with E-state index in [-0.39, 0.29) is 5.97 Å². The summed E-state index contributed by atoms with van der Waals surface area (Å²) in [5.41, 5.74) is 0.951. The second-order valence-corrected chi connectivity index (χ2v) is 5.04. The lowest BCUT2D eigenvalue weighted by Crippen LogP contribution is -1.97. The van der Waals surface area contributed by atoms with E-state index in [0.717, 1.165) is 24.3 Å². The van der Waals surface area contributed by atoms with E-state index in [2.05, 4.69) is 11.7 Å². The highest BCUT2D eigenvalue weighted by atomic mass is 16.5. The zero-order chi connectivity index (χ0) is 15.3. The lowest BCUT2D eigenvalue weighted by molar-refractivity contribution is -0.134. The van der Waals surface area contributed by atoms with Crippen LogP contribution in [0.15, 0.2) is 30.3 Å². The highest BCUT2D eigenvalue weighted by Gasteiger charge is 1.96. The molecule has 1 aromatic carbocycles. The van der Waals surface area contributed by atoms with Crippen molar-refractivity contribution in [1.29, 1.82) is 0 Å². The van der Waals surface area contributed by atoms with Crippen LogP contribution in [0.5, 0.6) is 5.75 Å². The van der Waals surface area contributed by atoms with Crippen molar-refractivity contribution < 1.29 is 14.3 Å². The average molecular weight is 290 g/mol. The van der Waals surface area contributed by atoms with Crippen molar-refractivity contribution >= 4 is 12.0 Å². The Bertz CT molecular complexity index is 421. The molecule has 0 heterocycles. The van der Waals surface area contributed by atoms with Gasteiger partial charge in [0.15, 0.2) is 0 Å². The largest absolute Gasteiger partial charge is 0.494 e. The van der Waals surface area contributed by atoms with Crippen LogP contribution in [0.1, 0.15) is 51.0 Å². The first-order valence-corrected chi connectivity index (χ1v) is 7.75. The summed E-state index contributed by atoms with van der Waals surface area (Å²) in [7, 11) is 1.37. The van der Waals surface area contributed by atoms with Crippen molar-refractivity contribution in [3.05, 3.63) is 35.9 Å². The summed E-state index contributed by atoms with van der Waals surface area (Å²) in [4.78, 5) is 11.0. The molecule has 0 amide bonds. The number of unbranched alkanes of at least 4 members (excludes halogenated alkanes) is 5. The van der Waals surface area contributed by atoms with Gasteiger partial charge in [0.1, 0.15) is 5.75 Å². The van der Waals surface area contributed by atoms with Crippen LogP contribution >= 0.6 is 0 Å². The molecule has 0 N–H and O–H groups in total. The predicted molar refractivity (Wildman–Crippen MR) is 86.4 cm³/mol. The van der Waals surface area contributed by atoms with Crippen LogP contribution < -0.4 is 4.74 Å². The van der Waals surface area contributed by atoms with Crippen molar-refractivity contribution in [2.45, 2.75) is 45.4 Å². The Hall–Kier alpha value is -1.77. The van der Waals surface area contributed by atoms with Gasteiger partial charge < -0.3 is 9.47 Å². The molecule has 1 rings (SSSR count). The third-order valence-corrected chi connectivity index (χ3v) is 3.26. The van der Waals surface area contributed by atoms with Crippen LogP contribution in [-0.2, 0) is 9.53 Å². The number of benzene rings is 1. The fraction of sp³-hybridized carbons (Fsp3) is 0.500. The number of methoxy groups -OCH3 is 1. The van der Waals surface area contributed by atoms with Gasteiger partial charge in [-0.25, -0.2) is 4.79 Å². The van der Waals surface area contributed by atoms with Gasteiger partial charge in [-0.3, -0.25) is 0 Å². The molecule has 0 saturated carbocycles. The fourth-order valence-corrected chi connectivity index (χ4v) is 1.98. The van der Waals surface area contributed by atoms with Crippen molar-refractivity contribution in [2.24, 2.45) is 0 Å². The molecule has 3 heteroatoms. The lowest BCUT2D eigenvalue weighted by atomic mass is 10.1. The molecular formula is C18H26O3. The Balaban J connectivity index is 2.22. The van der Waals surface area contributed by atoms with Gasteiger partial charge in [0.25, 0.3) is 0 Å². The van der Waals surface area contributed by atoms with Gasteiger partial charge in [-0.1, -0.05) is 51.2 Å². The molecule has 0 fully saturated rings.